The van der Waals surface area contributed by atoms with Crippen molar-refractivity contribution in [2.24, 2.45) is 0 Å². The molecule has 4 N–H and O–H groups in total. The minimum Gasteiger partial charge on any atom is -0.478 e. The van der Waals surface area contributed by atoms with Crippen LogP contribution in [0.15, 0.2) is 6.20 Å². The molecule has 0 unspecified atom stereocenters. The fraction of sp³-hybridized carbons (Fsp3) is 0.200. The average molecular weight is 249 g/mol. The van der Waals surface area contributed by atoms with E-state index in [1.165, 1.54) is 6.20 Å². The lowest BCUT2D eigenvalue weighted by Crippen LogP contribution is -2.15. The number of carbonyl (C=O) groups excluding carboxylic acids is 1. The van der Waals surface area contributed by atoms with Crippen LogP contribution >= 0.6 is 0 Å². The SMILES string of the molecule is Cc1nc(C(=O)Nc2c[nH]c(C)c2C(=O)O)n[nH]1. The molecule has 2 rings (SSSR count). The Morgan fingerprint density at radius 2 is 2.11 bits per heavy atom. The fourth-order valence-electron chi connectivity index (χ4n) is 1.52. The maximum absolute atomic E-state index is 11.7. The predicted molar refractivity (Wildman–Crippen MR) is 61.6 cm³/mol. The first kappa shape index (κ1) is 11.8. The van der Waals surface area contributed by atoms with Crippen LogP contribution in [0.5, 0.6) is 0 Å². The number of aromatic amines is 2. The summed E-state index contributed by atoms with van der Waals surface area (Å²) in [6.45, 7) is 3.27. The number of carboxylic acid groups (broad SMARTS) is 1. The Balaban J connectivity index is 2.25. The lowest BCUT2D eigenvalue weighted by molar-refractivity contribution is 0.0697. The van der Waals surface area contributed by atoms with Crippen LogP contribution in [0.4, 0.5) is 5.69 Å². The Morgan fingerprint density at radius 3 is 2.67 bits per heavy atom. The lowest BCUT2D eigenvalue weighted by Gasteiger charge is -2.01. The molecule has 0 aromatic carbocycles. The summed E-state index contributed by atoms with van der Waals surface area (Å²) in [5.74, 6) is -1.22. The first-order valence-corrected chi connectivity index (χ1v) is 5.10. The van der Waals surface area contributed by atoms with Gasteiger partial charge in [-0.2, -0.15) is 0 Å². The number of nitrogens with zero attached hydrogens (tertiary/aromatic N) is 2. The van der Waals surface area contributed by atoms with Crippen molar-refractivity contribution in [2.45, 2.75) is 13.8 Å². The quantitative estimate of drug-likeness (QED) is 0.637. The zero-order chi connectivity index (χ0) is 13.3. The van der Waals surface area contributed by atoms with Crippen molar-refractivity contribution in [1.82, 2.24) is 20.2 Å². The summed E-state index contributed by atoms with van der Waals surface area (Å²) < 4.78 is 0. The summed E-state index contributed by atoms with van der Waals surface area (Å²) in [5.41, 5.74) is 0.673. The molecular formula is C10H11N5O3. The number of aromatic nitrogens is 4. The maximum atomic E-state index is 11.7. The number of amides is 1. The molecule has 0 spiro atoms. The van der Waals surface area contributed by atoms with Gasteiger partial charge in [-0.15, -0.1) is 5.10 Å². The number of carboxylic acids is 1. The summed E-state index contributed by atoms with van der Waals surface area (Å²) in [7, 11) is 0. The Kier molecular flexibility index (Phi) is 2.84. The second-order valence-electron chi connectivity index (χ2n) is 3.71. The summed E-state index contributed by atoms with van der Waals surface area (Å²) in [5, 5.41) is 17.7. The van der Waals surface area contributed by atoms with E-state index in [0.717, 1.165) is 0 Å². The van der Waals surface area contributed by atoms with Gasteiger partial charge in [-0.3, -0.25) is 9.89 Å². The third kappa shape index (κ3) is 2.08. The molecule has 2 heterocycles. The number of H-pyrrole nitrogens is 2. The highest BCUT2D eigenvalue weighted by Crippen LogP contribution is 2.19. The van der Waals surface area contributed by atoms with E-state index in [4.69, 9.17) is 5.11 Å². The summed E-state index contributed by atoms with van der Waals surface area (Å²) >= 11 is 0. The molecule has 0 saturated heterocycles. The van der Waals surface area contributed by atoms with Gasteiger partial charge < -0.3 is 15.4 Å². The van der Waals surface area contributed by atoms with Crippen molar-refractivity contribution in [3.05, 3.63) is 29.1 Å². The van der Waals surface area contributed by atoms with Gasteiger partial charge >= 0.3 is 5.97 Å². The van der Waals surface area contributed by atoms with Crippen LogP contribution in [0.25, 0.3) is 0 Å². The van der Waals surface area contributed by atoms with Crippen molar-refractivity contribution in [1.29, 1.82) is 0 Å². The molecule has 0 aliphatic heterocycles. The van der Waals surface area contributed by atoms with Crippen molar-refractivity contribution in [2.75, 3.05) is 5.32 Å². The summed E-state index contributed by atoms with van der Waals surface area (Å²) in [4.78, 5) is 29.4. The smallest absolute Gasteiger partial charge is 0.339 e. The Hall–Kier alpha value is -2.64. The van der Waals surface area contributed by atoms with Crippen LogP contribution in [0.1, 0.15) is 32.5 Å². The van der Waals surface area contributed by atoms with E-state index < -0.39 is 11.9 Å². The molecule has 8 heteroatoms. The second-order valence-corrected chi connectivity index (χ2v) is 3.71. The van der Waals surface area contributed by atoms with Gasteiger partial charge in [-0.05, 0) is 13.8 Å². The first-order chi connectivity index (χ1) is 8.49. The molecule has 0 aliphatic rings. The monoisotopic (exact) mass is 249 g/mol. The molecule has 18 heavy (non-hydrogen) atoms. The predicted octanol–water partition coefficient (Wildman–Crippen LogP) is 0.700. The number of carbonyl (C=O) groups is 2. The Morgan fingerprint density at radius 1 is 1.39 bits per heavy atom. The lowest BCUT2D eigenvalue weighted by atomic mass is 10.2. The van der Waals surface area contributed by atoms with Gasteiger partial charge in [0.2, 0.25) is 5.82 Å². The molecule has 1 amide bonds. The number of rotatable bonds is 3. The second kappa shape index (κ2) is 4.32. The molecule has 2 aromatic rings. The van der Waals surface area contributed by atoms with E-state index in [2.05, 4.69) is 25.5 Å². The van der Waals surface area contributed by atoms with Gasteiger partial charge in [0, 0.05) is 11.9 Å². The Bertz CT molecular complexity index is 613. The highest BCUT2D eigenvalue weighted by molar-refractivity contribution is 6.06. The minimum absolute atomic E-state index is 0.0237. The van der Waals surface area contributed by atoms with E-state index in [1.807, 2.05) is 0 Å². The van der Waals surface area contributed by atoms with Gasteiger partial charge in [0.1, 0.15) is 11.4 Å². The normalized spacial score (nSPS) is 10.3. The topological polar surface area (TPSA) is 124 Å². The number of hydrogen-bond acceptors (Lipinski definition) is 4. The largest absolute Gasteiger partial charge is 0.478 e. The molecule has 0 aliphatic carbocycles. The highest BCUT2D eigenvalue weighted by Gasteiger charge is 2.19. The molecule has 0 bridgehead atoms. The van der Waals surface area contributed by atoms with Crippen LogP contribution in [0.3, 0.4) is 0 Å². The van der Waals surface area contributed by atoms with E-state index in [1.54, 1.807) is 13.8 Å². The van der Waals surface area contributed by atoms with E-state index in [9.17, 15) is 9.59 Å². The molecule has 2 aromatic heterocycles. The molecule has 0 saturated carbocycles. The number of aromatic carboxylic acids is 1. The van der Waals surface area contributed by atoms with E-state index in [0.29, 0.717) is 11.5 Å². The molecule has 94 valence electrons. The number of anilines is 1. The number of aryl methyl sites for hydroxylation is 2. The van der Waals surface area contributed by atoms with Crippen molar-refractivity contribution < 1.29 is 14.7 Å². The molecule has 0 fully saturated rings. The standard InChI is InChI=1S/C10H11N5O3/c1-4-7(10(17)18)6(3-11-4)13-9(16)8-12-5(2)14-15-8/h3,11H,1-2H3,(H,13,16)(H,17,18)(H,12,14,15). The van der Waals surface area contributed by atoms with E-state index in [-0.39, 0.29) is 17.1 Å². The van der Waals surface area contributed by atoms with E-state index >= 15 is 0 Å². The third-order valence-corrected chi connectivity index (χ3v) is 2.34. The molecular weight excluding hydrogens is 238 g/mol. The van der Waals surface area contributed by atoms with Crippen LogP contribution < -0.4 is 5.32 Å². The highest BCUT2D eigenvalue weighted by atomic mass is 16.4. The van der Waals surface area contributed by atoms with Gasteiger partial charge in [0.05, 0.1) is 5.69 Å². The van der Waals surface area contributed by atoms with Crippen molar-refractivity contribution in [3.8, 4) is 0 Å². The fourth-order valence-corrected chi connectivity index (χ4v) is 1.52. The molecule has 0 radical (unpaired) electrons. The summed E-state index contributed by atoms with van der Waals surface area (Å²) in [6.07, 6.45) is 1.41. The first-order valence-electron chi connectivity index (χ1n) is 5.10. The third-order valence-electron chi connectivity index (χ3n) is 2.34. The van der Waals surface area contributed by atoms with Gasteiger partial charge in [0.25, 0.3) is 5.91 Å². The number of nitrogens with one attached hydrogen (secondary N) is 3. The van der Waals surface area contributed by atoms with Crippen LogP contribution in [0.2, 0.25) is 0 Å². The van der Waals surface area contributed by atoms with Crippen LogP contribution in [-0.2, 0) is 0 Å². The Labute approximate surface area is 101 Å². The minimum atomic E-state index is -1.12. The average Bonchev–Trinajstić information content (AvgIpc) is 2.85. The number of hydrogen-bond donors (Lipinski definition) is 4. The molecule has 8 nitrogen and oxygen atoms in total. The van der Waals surface area contributed by atoms with Crippen LogP contribution in [-0.4, -0.2) is 37.1 Å². The zero-order valence-electron chi connectivity index (χ0n) is 9.74. The zero-order valence-corrected chi connectivity index (χ0v) is 9.74. The van der Waals surface area contributed by atoms with Crippen molar-refractivity contribution in [3.63, 3.8) is 0 Å². The molecule has 0 atom stereocenters. The maximum Gasteiger partial charge on any atom is 0.339 e. The van der Waals surface area contributed by atoms with Gasteiger partial charge in [-0.1, -0.05) is 0 Å². The van der Waals surface area contributed by atoms with Gasteiger partial charge in [-0.25, -0.2) is 9.78 Å². The van der Waals surface area contributed by atoms with Crippen molar-refractivity contribution >= 4 is 17.6 Å². The summed E-state index contributed by atoms with van der Waals surface area (Å²) in [6, 6.07) is 0. The van der Waals surface area contributed by atoms with Gasteiger partial charge in [0.15, 0.2) is 0 Å². The van der Waals surface area contributed by atoms with Crippen LogP contribution in [0, 0.1) is 13.8 Å².